The molecular weight excluding hydrogens is 382 g/mol. The highest BCUT2D eigenvalue weighted by molar-refractivity contribution is 5.76. The van der Waals surface area contributed by atoms with Crippen LogP contribution in [0.2, 0.25) is 0 Å². The van der Waals surface area contributed by atoms with E-state index in [0.717, 1.165) is 12.0 Å². The van der Waals surface area contributed by atoms with Crippen molar-refractivity contribution in [1.29, 1.82) is 0 Å². The zero-order chi connectivity index (χ0) is 21.3. The van der Waals surface area contributed by atoms with Gasteiger partial charge in [0.15, 0.2) is 5.82 Å². The van der Waals surface area contributed by atoms with Crippen molar-refractivity contribution in [3.63, 3.8) is 0 Å². The van der Waals surface area contributed by atoms with E-state index in [0.29, 0.717) is 23.7 Å². The van der Waals surface area contributed by atoms with Gasteiger partial charge in [0.25, 0.3) is 5.56 Å². The van der Waals surface area contributed by atoms with Gasteiger partial charge in [0.2, 0.25) is 5.91 Å². The van der Waals surface area contributed by atoms with Crippen LogP contribution in [0, 0.1) is 0 Å². The molecule has 0 aliphatic rings. The number of nitrogens with one attached hydrogen (secondary N) is 2. The summed E-state index contributed by atoms with van der Waals surface area (Å²) < 4.78 is 5.81. The van der Waals surface area contributed by atoms with Gasteiger partial charge < -0.3 is 15.0 Å². The van der Waals surface area contributed by atoms with Crippen molar-refractivity contribution in [2.45, 2.75) is 45.8 Å². The highest BCUT2D eigenvalue weighted by Crippen LogP contribution is 2.21. The first-order chi connectivity index (χ1) is 14.5. The fourth-order valence-corrected chi connectivity index (χ4v) is 2.71. The molecular formula is C22H25N5O3. The molecule has 0 fully saturated rings. The number of amides is 1. The molecule has 2 heterocycles. The Morgan fingerprint density at radius 3 is 2.83 bits per heavy atom. The summed E-state index contributed by atoms with van der Waals surface area (Å²) in [6.07, 6.45) is 4.71. The quantitative estimate of drug-likeness (QED) is 0.564. The van der Waals surface area contributed by atoms with E-state index in [1.54, 1.807) is 12.4 Å². The minimum Gasteiger partial charge on any atom is -0.491 e. The first-order valence-corrected chi connectivity index (χ1v) is 9.93. The number of pyridine rings is 1. The van der Waals surface area contributed by atoms with Crippen molar-refractivity contribution in [3.05, 3.63) is 70.4 Å². The number of carbonyl (C=O) groups is 1. The average Bonchev–Trinajstić information content (AvgIpc) is 2.77. The lowest BCUT2D eigenvalue weighted by atomic mass is 10.2. The van der Waals surface area contributed by atoms with Crippen LogP contribution < -0.4 is 15.6 Å². The van der Waals surface area contributed by atoms with E-state index in [4.69, 9.17) is 4.74 Å². The number of carbonyl (C=O) groups excluding carboxylic acids is 1. The van der Waals surface area contributed by atoms with Gasteiger partial charge in [-0.1, -0.05) is 25.1 Å². The Bertz CT molecular complexity index is 1040. The fraction of sp³-hybridized carbons (Fsp3) is 0.318. The molecule has 8 heteroatoms. The van der Waals surface area contributed by atoms with E-state index in [9.17, 15) is 9.59 Å². The predicted octanol–water partition coefficient (Wildman–Crippen LogP) is 2.65. The van der Waals surface area contributed by atoms with Gasteiger partial charge in [-0.2, -0.15) is 0 Å². The largest absolute Gasteiger partial charge is 0.491 e. The van der Waals surface area contributed by atoms with Crippen LogP contribution in [0.5, 0.6) is 5.75 Å². The van der Waals surface area contributed by atoms with Gasteiger partial charge in [0.05, 0.1) is 6.10 Å². The smallest absolute Gasteiger partial charge is 0.273 e. The van der Waals surface area contributed by atoms with Gasteiger partial charge >= 0.3 is 0 Å². The highest BCUT2D eigenvalue weighted by atomic mass is 16.5. The van der Waals surface area contributed by atoms with Crippen LogP contribution in [0.25, 0.3) is 11.4 Å². The Kier molecular flexibility index (Phi) is 7.26. The van der Waals surface area contributed by atoms with E-state index < -0.39 is 0 Å². The number of aryl methyl sites for hydroxylation is 1. The Hall–Kier alpha value is -3.55. The summed E-state index contributed by atoms with van der Waals surface area (Å²) in [7, 11) is 0. The average molecular weight is 407 g/mol. The second-order valence-electron chi connectivity index (χ2n) is 6.95. The number of aromatic nitrogens is 4. The summed E-state index contributed by atoms with van der Waals surface area (Å²) in [5.41, 5.74) is 1.49. The SMILES string of the molecule is CC[C@H](C)Oc1cccc(-c2nnc(CCC(=O)NCc3cccnc3)c(=O)[nH]2)c1. The normalized spacial score (nSPS) is 11.7. The van der Waals surface area contributed by atoms with Gasteiger partial charge in [0, 0.05) is 37.3 Å². The van der Waals surface area contributed by atoms with Gasteiger partial charge in [-0.25, -0.2) is 0 Å². The summed E-state index contributed by atoms with van der Waals surface area (Å²) >= 11 is 0. The Labute approximate surface area is 174 Å². The van der Waals surface area contributed by atoms with Crippen LogP contribution in [0.15, 0.2) is 53.6 Å². The van der Waals surface area contributed by atoms with E-state index in [1.165, 1.54) is 0 Å². The van der Waals surface area contributed by atoms with E-state index in [2.05, 4.69) is 32.4 Å². The minimum atomic E-state index is -0.353. The molecule has 1 amide bonds. The zero-order valence-corrected chi connectivity index (χ0v) is 17.1. The van der Waals surface area contributed by atoms with Gasteiger partial charge in [-0.15, -0.1) is 10.2 Å². The molecule has 0 bridgehead atoms. The van der Waals surface area contributed by atoms with Gasteiger partial charge in [-0.05, 0) is 37.1 Å². The number of nitrogens with zero attached hydrogens (tertiary/aromatic N) is 3. The molecule has 1 atom stereocenters. The van der Waals surface area contributed by atoms with Crippen LogP contribution in [0.4, 0.5) is 0 Å². The van der Waals surface area contributed by atoms with Gasteiger partial charge in [-0.3, -0.25) is 14.6 Å². The molecule has 0 radical (unpaired) electrons. The summed E-state index contributed by atoms with van der Waals surface area (Å²) in [6, 6.07) is 11.0. The molecule has 0 aliphatic heterocycles. The van der Waals surface area contributed by atoms with Crippen LogP contribution in [0.3, 0.4) is 0 Å². The summed E-state index contributed by atoms with van der Waals surface area (Å²) in [4.78, 5) is 31.2. The van der Waals surface area contributed by atoms with E-state index >= 15 is 0 Å². The lowest BCUT2D eigenvalue weighted by Gasteiger charge is -2.13. The Balaban J connectivity index is 1.59. The maximum atomic E-state index is 12.4. The molecule has 0 saturated heterocycles. The summed E-state index contributed by atoms with van der Waals surface area (Å²) in [6.45, 7) is 4.44. The molecule has 1 aromatic carbocycles. The van der Waals surface area contributed by atoms with Gasteiger partial charge in [0.1, 0.15) is 11.4 Å². The highest BCUT2D eigenvalue weighted by Gasteiger charge is 2.11. The van der Waals surface area contributed by atoms with E-state index in [1.807, 2.05) is 43.3 Å². The van der Waals surface area contributed by atoms with Crippen molar-refractivity contribution in [1.82, 2.24) is 25.5 Å². The van der Waals surface area contributed by atoms with Crippen LogP contribution >= 0.6 is 0 Å². The van der Waals surface area contributed by atoms with Crippen molar-refractivity contribution in [2.24, 2.45) is 0 Å². The molecule has 3 aromatic rings. The summed E-state index contributed by atoms with van der Waals surface area (Å²) in [5.74, 6) is 0.900. The number of H-pyrrole nitrogens is 1. The fourth-order valence-electron chi connectivity index (χ4n) is 2.71. The standard InChI is InChI=1S/C22H25N5O3/c1-3-15(2)30-18-8-4-7-17(12-18)21-25-22(29)19(26-27-21)9-10-20(28)24-14-16-6-5-11-23-13-16/h4-8,11-13,15H,3,9-10,14H2,1-2H3,(H,24,28)(H,25,27,29)/t15-/m0/s1. The van der Waals surface area contributed by atoms with E-state index in [-0.39, 0.29) is 36.1 Å². The zero-order valence-electron chi connectivity index (χ0n) is 17.1. The monoisotopic (exact) mass is 407 g/mol. The third-order valence-corrected chi connectivity index (χ3v) is 4.59. The molecule has 0 spiro atoms. The molecule has 156 valence electrons. The van der Waals surface area contributed by atoms with Crippen LogP contribution in [0.1, 0.15) is 37.9 Å². The molecule has 0 saturated carbocycles. The Morgan fingerprint density at radius 2 is 2.10 bits per heavy atom. The van der Waals surface area contributed by atoms with Crippen LogP contribution in [-0.2, 0) is 17.8 Å². The maximum Gasteiger partial charge on any atom is 0.273 e. The Morgan fingerprint density at radius 1 is 1.23 bits per heavy atom. The number of aromatic amines is 1. The van der Waals surface area contributed by atoms with Crippen molar-refractivity contribution >= 4 is 5.91 Å². The summed E-state index contributed by atoms with van der Waals surface area (Å²) in [5, 5.41) is 10.9. The second-order valence-corrected chi connectivity index (χ2v) is 6.95. The van der Waals surface area contributed by atoms with Crippen molar-refractivity contribution < 1.29 is 9.53 Å². The first kappa shape index (κ1) is 21.2. The topological polar surface area (TPSA) is 110 Å². The van der Waals surface area contributed by atoms with Crippen molar-refractivity contribution in [3.8, 4) is 17.1 Å². The molecule has 30 heavy (non-hydrogen) atoms. The molecule has 8 nitrogen and oxygen atoms in total. The predicted molar refractivity (Wildman–Crippen MR) is 113 cm³/mol. The molecule has 3 rings (SSSR count). The number of hydrogen-bond donors (Lipinski definition) is 2. The first-order valence-electron chi connectivity index (χ1n) is 9.93. The lowest BCUT2D eigenvalue weighted by Crippen LogP contribution is -2.25. The number of hydrogen-bond acceptors (Lipinski definition) is 6. The molecule has 0 unspecified atom stereocenters. The van der Waals surface area contributed by atoms with Crippen LogP contribution in [-0.4, -0.2) is 32.2 Å². The lowest BCUT2D eigenvalue weighted by molar-refractivity contribution is -0.121. The van der Waals surface area contributed by atoms with Crippen molar-refractivity contribution in [2.75, 3.05) is 0 Å². The third-order valence-electron chi connectivity index (χ3n) is 4.59. The third kappa shape index (κ3) is 5.97. The molecule has 2 aromatic heterocycles. The molecule has 0 aliphatic carbocycles. The minimum absolute atomic E-state index is 0.0945. The number of ether oxygens (including phenoxy) is 1. The second kappa shape index (κ2) is 10.3. The maximum absolute atomic E-state index is 12.4. The number of rotatable bonds is 9. The number of benzene rings is 1. The molecule has 2 N–H and O–H groups in total.